The molecule has 1 aliphatic rings. The van der Waals surface area contributed by atoms with Gasteiger partial charge in [-0.05, 0) is 30.7 Å². The van der Waals surface area contributed by atoms with Gasteiger partial charge in [0, 0.05) is 24.3 Å². The van der Waals surface area contributed by atoms with Crippen molar-refractivity contribution in [2.24, 2.45) is 0 Å². The number of rotatable bonds is 2. The summed E-state index contributed by atoms with van der Waals surface area (Å²) in [7, 11) is 0. The number of aromatic nitrogens is 3. The van der Waals surface area contributed by atoms with E-state index in [4.69, 9.17) is 16.3 Å². The standard InChI is InChI=1S/C17H17ClN4O/c1-11-20-14-6-7-19-16(14)17(21-11)22-8-9-23-15(10-22)12-2-4-13(18)5-3-12/h2-7,15,19H,8-10H2,1H3. The van der Waals surface area contributed by atoms with Gasteiger partial charge in [0.2, 0.25) is 0 Å². The van der Waals surface area contributed by atoms with Gasteiger partial charge in [-0.3, -0.25) is 0 Å². The fourth-order valence-corrected chi connectivity index (χ4v) is 3.12. The Morgan fingerprint density at radius 2 is 2.04 bits per heavy atom. The monoisotopic (exact) mass is 328 g/mol. The van der Waals surface area contributed by atoms with Crippen molar-refractivity contribution < 1.29 is 4.74 Å². The molecule has 1 saturated heterocycles. The molecule has 1 aromatic carbocycles. The summed E-state index contributed by atoms with van der Waals surface area (Å²) in [5.74, 6) is 1.72. The summed E-state index contributed by atoms with van der Waals surface area (Å²) in [5, 5.41) is 0.737. The van der Waals surface area contributed by atoms with Crippen LogP contribution in [0.15, 0.2) is 36.5 Å². The molecular weight excluding hydrogens is 312 g/mol. The predicted molar refractivity (Wildman–Crippen MR) is 91.0 cm³/mol. The third-order valence-electron chi connectivity index (χ3n) is 4.11. The van der Waals surface area contributed by atoms with Crippen molar-refractivity contribution in [1.82, 2.24) is 15.0 Å². The largest absolute Gasteiger partial charge is 0.370 e. The van der Waals surface area contributed by atoms with Crippen molar-refractivity contribution in [2.45, 2.75) is 13.0 Å². The summed E-state index contributed by atoms with van der Waals surface area (Å²) in [6, 6.07) is 9.82. The number of halogens is 1. The number of H-pyrrole nitrogens is 1. The van der Waals surface area contributed by atoms with Crippen molar-refractivity contribution >= 4 is 28.5 Å². The van der Waals surface area contributed by atoms with Gasteiger partial charge in [0.15, 0.2) is 5.82 Å². The number of morpholine rings is 1. The zero-order valence-corrected chi connectivity index (χ0v) is 13.5. The van der Waals surface area contributed by atoms with Crippen LogP contribution in [0.1, 0.15) is 17.5 Å². The molecule has 1 aliphatic heterocycles. The Kier molecular flexibility index (Phi) is 3.67. The normalized spacial score (nSPS) is 18.5. The molecule has 3 aromatic rings. The van der Waals surface area contributed by atoms with Gasteiger partial charge in [-0.15, -0.1) is 0 Å². The first-order chi connectivity index (χ1) is 11.2. The molecule has 6 heteroatoms. The number of anilines is 1. The van der Waals surface area contributed by atoms with Crippen LogP contribution in [0.2, 0.25) is 5.02 Å². The van der Waals surface area contributed by atoms with Gasteiger partial charge in [0.1, 0.15) is 17.4 Å². The number of nitrogens with one attached hydrogen (secondary N) is 1. The minimum Gasteiger partial charge on any atom is -0.370 e. The van der Waals surface area contributed by atoms with Crippen molar-refractivity contribution in [2.75, 3.05) is 24.6 Å². The van der Waals surface area contributed by atoms with Gasteiger partial charge in [0.25, 0.3) is 0 Å². The smallest absolute Gasteiger partial charge is 0.156 e. The van der Waals surface area contributed by atoms with Crippen molar-refractivity contribution in [1.29, 1.82) is 0 Å². The predicted octanol–water partition coefficient (Wildman–Crippen LogP) is 3.50. The van der Waals surface area contributed by atoms with E-state index in [1.165, 1.54) is 0 Å². The van der Waals surface area contributed by atoms with E-state index < -0.39 is 0 Å². The Morgan fingerprint density at radius 1 is 1.22 bits per heavy atom. The summed E-state index contributed by atoms with van der Waals surface area (Å²) in [4.78, 5) is 14.6. The number of hydrogen-bond donors (Lipinski definition) is 1. The van der Waals surface area contributed by atoms with Crippen LogP contribution in [0.4, 0.5) is 5.82 Å². The lowest BCUT2D eigenvalue weighted by molar-refractivity contribution is 0.0396. The molecule has 0 radical (unpaired) electrons. The quantitative estimate of drug-likeness (QED) is 0.782. The second-order valence-electron chi connectivity index (χ2n) is 5.69. The average molecular weight is 329 g/mol. The molecular formula is C17H17ClN4O. The third kappa shape index (κ3) is 2.78. The second-order valence-corrected chi connectivity index (χ2v) is 6.13. The van der Waals surface area contributed by atoms with Crippen LogP contribution in [0.25, 0.3) is 11.0 Å². The first-order valence-electron chi connectivity index (χ1n) is 7.64. The van der Waals surface area contributed by atoms with Gasteiger partial charge < -0.3 is 14.6 Å². The molecule has 2 aromatic heterocycles. The number of aryl methyl sites for hydroxylation is 1. The van der Waals surface area contributed by atoms with E-state index in [0.29, 0.717) is 6.61 Å². The van der Waals surface area contributed by atoms with Crippen molar-refractivity contribution in [3.63, 3.8) is 0 Å². The van der Waals surface area contributed by atoms with Gasteiger partial charge >= 0.3 is 0 Å². The lowest BCUT2D eigenvalue weighted by Gasteiger charge is -2.34. The zero-order chi connectivity index (χ0) is 15.8. The number of hydrogen-bond acceptors (Lipinski definition) is 4. The Bertz CT molecular complexity index is 830. The number of benzene rings is 1. The highest BCUT2D eigenvalue weighted by Crippen LogP contribution is 2.29. The van der Waals surface area contributed by atoms with Crippen LogP contribution in [-0.4, -0.2) is 34.6 Å². The van der Waals surface area contributed by atoms with E-state index in [-0.39, 0.29) is 6.10 Å². The molecule has 3 heterocycles. The van der Waals surface area contributed by atoms with E-state index in [2.05, 4.69) is 19.9 Å². The van der Waals surface area contributed by atoms with Crippen LogP contribution in [0.5, 0.6) is 0 Å². The highest BCUT2D eigenvalue weighted by molar-refractivity contribution is 6.30. The molecule has 0 bridgehead atoms. The average Bonchev–Trinajstić information content (AvgIpc) is 3.03. The van der Waals surface area contributed by atoms with E-state index >= 15 is 0 Å². The molecule has 23 heavy (non-hydrogen) atoms. The topological polar surface area (TPSA) is 54.0 Å². The van der Waals surface area contributed by atoms with Gasteiger partial charge in [-0.25, -0.2) is 9.97 Å². The molecule has 0 spiro atoms. The molecule has 1 atom stereocenters. The van der Waals surface area contributed by atoms with E-state index in [1.54, 1.807) is 0 Å². The summed E-state index contributed by atoms with van der Waals surface area (Å²) < 4.78 is 5.94. The van der Waals surface area contributed by atoms with Gasteiger partial charge in [0.05, 0.1) is 12.1 Å². The highest BCUT2D eigenvalue weighted by Gasteiger charge is 2.25. The lowest BCUT2D eigenvalue weighted by atomic mass is 10.1. The molecule has 5 nitrogen and oxygen atoms in total. The number of ether oxygens (including phenoxy) is 1. The van der Waals surface area contributed by atoms with Crippen LogP contribution >= 0.6 is 11.6 Å². The lowest BCUT2D eigenvalue weighted by Crippen LogP contribution is -2.39. The number of aromatic amines is 1. The van der Waals surface area contributed by atoms with Gasteiger partial charge in [-0.1, -0.05) is 23.7 Å². The Hall–Kier alpha value is -2.11. The van der Waals surface area contributed by atoms with Crippen LogP contribution in [0.3, 0.4) is 0 Å². The van der Waals surface area contributed by atoms with E-state index in [9.17, 15) is 0 Å². The van der Waals surface area contributed by atoms with Crippen molar-refractivity contribution in [3.8, 4) is 0 Å². The summed E-state index contributed by atoms with van der Waals surface area (Å²) >= 11 is 5.97. The third-order valence-corrected chi connectivity index (χ3v) is 4.36. The zero-order valence-electron chi connectivity index (χ0n) is 12.8. The molecule has 0 saturated carbocycles. The molecule has 4 rings (SSSR count). The fraction of sp³-hybridized carbons (Fsp3) is 0.294. The SMILES string of the molecule is Cc1nc(N2CCOC(c3ccc(Cl)cc3)C2)c2[nH]ccc2n1. The molecule has 0 amide bonds. The minimum atomic E-state index is 0.0151. The molecule has 1 N–H and O–H groups in total. The second kappa shape index (κ2) is 5.83. The maximum atomic E-state index is 5.97. The first-order valence-corrected chi connectivity index (χ1v) is 8.02. The minimum absolute atomic E-state index is 0.0151. The maximum absolute atomic E-state index is 5.97. The number of fused-ring (bicyclic) bond motifs is 1. The first kappa shape index (κ1) is 14.5. The summed E-state index contributed by atoms with van der Waals surface area (Å²) in [6.45, 7) is 4.16. The van der Waals surface area contributed by atoms with Crippen LogP contribution in [-0.2, 0) is 4.74 Å². The Balaban J connectivity index is 1.66. The summed E-state index contributed by atoms with van der Waals surface area (Å²) in [6.07, 6.45) is 1.92. The molecule has 118 valence electrons. The molecule has 0 aliphatic carbocycles. The molecule has 1 fully saturated rings. The Labute approximate surface area is 139 Å². The number of nitrogens with zero attached hydrogens (tertiary/aromatic N) is 3. The Morgan fingerprint density at radius 3 is 2.87 bits per heavy atom. The van der Waals surface area contributed by atoms with Crippen molar-refractivity contribution in [3.05, 3.63) is 52.9 Å². The van der Waals surface area contributed by atoms with Crippen LogP contribution < -0.4 is 4.90 Å². The molecule has 1 unspecified atom stereocenters. The van der Waals surface area contributed by atoms with E-state index in [1.807, 2.05) is 43.5 Å². The fourth-order valence-electron chi connectivity index (χ4n) is 2.99. The summed E-state index contributed by atoms with van der Waals surface area (Å²) in [5.41, 5.74) is 3.06. The highest BCUT2D eigenvalue weighted by atomic mass is 35.5. The van der Waals surface area contributed by atoms with E-state index in [0.717, 1.165) is 46.4 Å². The van der Waals surface area contributed by atoms with Gasteiger partial charge in [-0.2, -0.15) is 0 Å². The maximum Gasteiger partial charge on any atom is 0.156 e. The van der Waals surface area contributed by atoms with Crippen LogP contribution in [0, 0.1) is 6.92 Å².